The second-order valence-electron chi connectivity index (χ2n) is 5.27. The van der Waals surface area contributed by atoms with Crippen LogP contribution in [0, 0.1) is 5.92 Å². The molecule has 2 nitrogen and oxygen atoms in total. The van der Waals surface area contributed by atoms with Crippen LogP contribution >= 0.6 is 0 Å². The van der Waals surface area contributed by atoms with E-state index in [4.69, 9.17) is 0 Å². The smallest absolute Gasteiger partial charge is 0.150 e. The molecule has 1 heterocycles. The molecule has 76 valence electrons. The van der Waals surface area contributed by atoms with Crippen molar-refractivity contribution in [3.63, 3.8) is 0 Å². The van der Waals surface area contributed by atoms with Gasteiger partial charge in [-0.25, -0.2) is 0 Å². The molecule has 0 saturated carbocycles. The summed E-state index contributed by atoms with van der Waals surface area (Å²) in [6.45, 7) is 11.8. The van der Waals surface area contributed by atoms with Crippen LogP contribution in [0.4, 0.5) is 0 Å². The lowest BCUT2D eigenvalue weighted by molar-refractivity contribution is -0.131. The molecule has 0 aliphatic carbocycles. The van der Waals surface area contributed by atoms with Gasteiger partial charge in [0.05, 0.1) is 6.04 Å². The second kappa shape index (κ2) is 3.41. The summed E-state index contributed by atoms with van der Waals surface area (Å²) in [4.78, 5) is 13.9. The maximum Gasteiger partial charge on any atom is 0.150 e. The van der Waals surface area contributed by atoms with Crippen LogP contribution in [0.15, 0.2) is 0 Å². The van der Waals surface area contributed by atoms with Crippen LogP contribution in [0.5, 0.6) is 0 Å². The van der Waals surface area contributed by atoms with E-state index < -0.39 is 0 Å². The fraction of sp³-hybridized carbons (Fsp3) is 0.909. The van der Waals surface area contributed by atoms with Crippen molar-refractivity contribution in [1.82, 2.24) is 4.90 Å². The van der Waals surface area contributed by atoms with E-state index in [1.165, 1.54) is 0 Å². The normalized spacial score (nSPS) is 32.2. The number of carbonyl (C=O) groups is 1. The Morgan fingerprint density at radius 3 is 2.31 bits per heavy atom. The van der Waals surface area contributed by atoms with Crippen molar-refractivity contribution in [2.75, 3.05) is 6.54 Å². The molecule has 0 aromatic carbocycles. The Morgan fingerprint density at radius 2 is 1.85 bits per heavy atom. The first-order valence-electron chi connectivity index (χ1n) is 5.12. The maximum absolute atomic E-state index is 11.6. The number of likely N-dealkylation sites (tertiary alicyclic amines) is 1. The third-order valence-corrected chi connectivity index (χ3v) is 2.85. The molecule has 1 saturated heterocycles. The average Bonchev–Trinajstić information content (AvgIpc) is 1.94. The fourth-order valence-corrected chi connectivity index (χ4v) is 2.10. The number of ketones is 1. The van der Waals surface area contributed by atoms with E-state index in [0.717, 1.165) is 13.0 Å². The number of piperidine rings is 1. The van der Waals surface area contributed by atoms with Crippen LogP contribution in [0.25, 0.3) is 0 Å². The molecule has 1 fully saturated rings. The molecule has 0 spiro atoms. The molecule has 0 aromatic heterocycles. The van der Waals surface area contributed by atoms with Crippen LogP contribution in [0.2, 0.25) is 0 Å². The first-order valence-corrected chi connectivity index (χ1v) is 5.12. The van der Waals surface area contributed by atoms with E-state index >= 15 is 0 Å². The van der Waals surface area contributed by atoms with E-state index in [9.17, 15) is 4.79 Å². The van der Waals surface area contributed by atoms with Crippen molar-refractivity contribution >= 4 is 5.78 Å². The lowest BCUT2D eigenvalue weighted by atomic mass is 9.89. The highest BCUT2D eigenvalue weighted by Crippen LogP contribution is 2.25. The predicted molar refractivity (Wildman–Crippen MR) is 54.7 cm³/mol. The van der Waals surface area contributed by atoms with Gasteiger partial charge in [-0.2, -0.15) is 0 Å². The molecule has 0 aromatic rings. The second-order valence-corrected chi connectivity index (χ2v) is 5.27. The molecule has 1 aliphatic rings. The van der Waals surface area contributed by atoms with Crippen LogP contribution in [0.3, 0.4) is 0 Å². The van der Waals surface area contributed by atoms with Crippen molar-refractivity contribution < 1.29 is 4.79 Å². The zero-order chi connectivity index (χ0) is 10.2. The van der Waals surface area contributed by atoms with Gasteiger partial charge in [-0.3, -0.25) is 9.69 Å². The highest BCUT2D eigenvalue weighted by molar-refractivity contribution is 5.84. The number of hydrogen-bond donors (Lipinski definition) is 0. The maximum atomic E-state index is 11.6. The number of nitrogens with zero attached hydrogens (tertiary/aromatic N) is 1. The topological polar surface area (TPSA) is 20.3 Å². The number of carbonyl (C=O) groups excluding carboxylic acids is 1. The zero-order valence-electron chi connectivity index (χ0n) is 9.42. The summed E-state index contributed by atoms with van der Waals surface area (Å²) in [5.41, 5.74) is 0.115. The molecule has 1 aliphatic heterocycles. The summed E-state index contributed by atoms with van der Waals surface area (Å²) in [5, 5.41) is 0. The van der Waals surface area contributed by atoms with Gasteiger partial charge < -0.3 is 0 Å². The van der Waals surface area contributed by atoms with Crippen molar-refractivity contribution in [2.24, 2.45) is 5.92 Å². The van der Waals surface area contributed by atoms with Gasteiger partial charge in [-0.05, 0) is 33.6 Å². The van der Waals surface area contributed by atoms with Crippen molar-refractivity contribution in [3.05, 3.63) is 0 Å². The minimum atomic E-state index is 0.108. The highest BCUT2D eigenvalue weighted by atomic mass is 16.1. The van der Waals surface area contributed by atoms with Gasteiger partial charge in [-0.1, -0.05) is 6.92 Å². The molecule has 2 heteroatoms. The Labute approximate surface area is 81.3 Å². The summed E-state index contributed by atoms with van der Waals surface area (Å²) in [5.74, 6) is 0.914. The summed E-state index contributed by atoms with van der Waals surface area (Å²) in [7, 11) is 0. The van der Waals surface area contributed by atoms with Crippen LogP contribution in [-0.2, 0) is 4.79 Å². The zero-order valence-corrected chi connectivity index (χ0v) is 9.42. The minimum absolute atomic E-state index is 0.108. The predicted octanol–water partition coefficient (Wildman–Crippen LogP) is 2.08. The first kappa shape index (κ1) is 10.7. The van der Waals surface area contributed by atoms with Crippen molar-refractivity contribution in [3.8, 4) is 0 Å². The van der Waals surface area contributed by atoms with Crippen LogP contribution in [-0.4, -0.2) is 28.8 Å². The third kappa shape index (κ3) is 2.31. The molecule has 0 bridgehead atoms. The lowest BCUT2D eigenvalue weighted by Crippen LogP contribution is -2.55. The van der Waals surface area contributed by atoms with E-state index in [-0.39, 0.29) is 11.6 Å². The molecule has 0 unspecified atom stereocenters. The Balaban J connectivity index is 2.78. The monoisotopic (exact) mass is 183 g/mol. The molecular formula is C11H21NO. The largest absolute Gasteiger partial charge is 0.298 e. The quantitative estimate of drug-likeness (QED) is 0.573. The molecule has 0 N–H and O–H groups in total. The Bertz CT molecular complexity index is 205. The molecule has 13 heavy (non-hydrogen) atoms. The SMILES string of the molecule is C[C@@H]1CC(=O)[C@@H](C)N(C(C)(C)C)C1. The fourth-order valence-electron chi connectivity index (χ4n) is 2.10. The molecule has 0 radical (unpaired) electrons. The highest BCUT2D eigenvalue weighted by Gasteiger charge is 2.35. The third-order valence-electron chi connectivity index (χ3n) is 2.85. The van der Waals surface area contributed by atoms with E-state index in [2.05, 4.69) is 32.6 Å². The average molecular weight is 183 g/mol. The molecule has 0 amide bonds. The van der Waals surface area contributed by atoms with E-state index in [1.807, 2.05) is 6.92 Å². The van der Waals surface area contributed by atoms with Crippen molar-refractivity contribution in [1.29, 1.82) is 0 Å². The van der Waals surface area contributed by atoms with Gasteiger partial charge in [-0.15, -0.1) is 0 Å². The Morgan fingerprint density at radius 1 is 1.31 bits per heavy atom. The standard InChI is InChI=1S/C11H21NO/c1-8-6-10(13)9(2)12(7-8)11(3,4)5/h8-9H,6-7H2,1-5H3/t8-,9-/m1/s1. The summed E-state index contributed by atoms with van der Waals surface area (Å²) in [6.07, 6.45) is 0.758. The molecule has 2 atom stereocenters. The Hall–Kier alpha value is -0.370. The van der Waals surface area contributed by atoms with E-state index in [1.54, 1.807) is 0 Å². The van der Waals surface area contributed by atoms with Crippen molar-refractivity contribution in [2.45, 2.75) is 52.6 Å². The minimum Gasteiger partial charge on any atom is -0.298 e. The summed E-state index contributed by atoms with van der Waals surface area (Å²) >= 11 is 0. The van der Waals surface area contributed by atoms with Crippen LogP contribution in [0.1, 0.15) is 41.0 Å². The first-order chi connectivity index (χ1) is 5.82. The molecular weight excluding hydrogens is 162 g/mol. The van der Waals surface area contributed by atoms with E-state index in [0.29, 0.717) is 11.7 Å². The van der Waals surface area contributed by atoms with Gasteiger partial charge in [0, 0.05) is 18.5 Å². The molecule has 1 rings (SSSR count). The Kier molecular flexibility index (Phi) is 2.81. The van der Waals surface area contributed by atoms with Gasteiger partial charge >= 0.3 is 0 Å². The number of Topliss-reactive ketones (excluding diaryl/α,β-unsaturated/α-hetero) is 1. The summed E-state index contributed by atoms with van der Waals surface area (Å²) < 4.78 is 0. The van der Waals surface area contributed by atoms with Gasteiger partial charge in [0.25, 0.3) is 0 Å². The number of hydrogen-bond acceptors (Lipinski definition) is 2. The lowest BCUT2D eigenvalue weighted by Gasteiger charge is -2.44. The number of rotatable bonds is 0. The van der Waals surface area contributed by atoms with Crippen LogP contribution < -0.4 is 0 Å². The summed E-state index contributed by atoms with van der Waals surface area (Å²) in [6, 6.07) is 0.108. The van der Waals surface area contributed by atoms with Gasteiger partial charge in [0.15, 0.2) is 0 Å². The van der Waals surface area contributed by atoms with Gasteiger partial charge in [0.1, 0.15) is 5.78 Å². The van der Waals surface area contributed by atoms with Gasteiger partial charge in [0.2, 0.25) is 0 Å².